The van der Waals surface area contributed by atoms with Gasteiger partial charge in [0.1, 0.15) is 6.61 Å². The maximum atomic E-state index is 5.89. The molecule has 0 saturated heterocycles. The molecule has 2 rings (SSSR count). The molecule has 0 fully saturated rings. The van der Waals surface area contributed by atoms with Gasteiger partial charge in [0.25, 0.3) is 0 Å². The second kappa shape index (κ2) is 13.4. The van der Waals surface area contributed by atoms with Crippen LogP contribution in [0, 0.1) is 0 Å². The highest BCUT2D eigenvalue weighted by molar-refractivity contribution is 5.40. The lowest BCUT2D eigenvalue weighted by Crippen LogP contribution is -3.00. The summed E-state index contributed by atoms with van der Waals surface area (Å²) in [4.78, 5) is 0. The molecule has 0 spiro atoms. The van der Waals surface area contributed by atoms with Crippen molar-refractivity contribution in [1.82, 2.24) is 0 Å². The van der Waals surface area contributed by atoms with Crippen LogP contribution in [0.15, 0.2) is 24.3 Å². The molecule has 27 heavy (non-hydrogen) atoms. The van der Waals surface area contributed by atoms with E-state index in [0.717, 1.165) is 29.0 Å². The van der Waals surface area contributed by atoms with Gasteiger partial charge in [0.2, 0.25) is 0 Å². The number of para-hydroxylation sites is 2. The van der Waals surface area contributed by atoms with Gasteiger partial charge in [-0.15, -0.1) is 0 Å². The smallest absolute Gasteiger partial charge is 0.161 e. The van der Waals surface area contributed by atoms with E-state index in [4.69, 9.17) is 14.2 Å². The Labute approximate surface area is 176 Å². The van der Waals surface area contributed by atoms with Crippen molar-refractivity contribution in [1.29, 1.82) is 0 Å². The van der Waals surface area contributed by atoms with Crippen molar-refractivity contribution < 1.29 is 35.7 Å². The SMILES string of the molecule is C[N+](C)(C)CCCCCCCCCCOCC1COc2ccccc2O1.[Br-]. The molecule has 5 heteroatoms. The van der Waals surface area contributed by atoms with Crippen molar-refractivity contribution in [2.24, 2.45) is 0 Å². The molecule has 1 heterocycles. The van der Waals surface area contributed by atoms with Gasteiger partial charge in [-0.2, -0.15) is 0 Å². The Hall–Kier alpha value is -0.780. The second-order valence-electron chi connectivity index (χ2n) is 8.41. The maximum absolute atomic E-state index is 5.89. The molecule has 156 valence electrons. The zero-order chi connectivity index (χ0) is 18.7. The van der Waals surface area contributed by atoms with E-state index < -0.39 is 0 Å². The summed E-state index contributed by atoms with van der Waals surface area (Å²) in [6, 6.07) is 7.82. The molecule has 1 unspecified atom stereocenters. The van der Waals surface area contributed by atoms with E-state index in [2.05, 4.69) is 21.1 Å². The van der Waals surface area contributed by atoms with Crippen molar-refractivity contribution in [3.8, 4) is 11.5 Å². The van der Waals surface area contributed by atoms with Crippen molar-refractivity contribution in [2.75, 3.05) is 47.5 Å². The van der Waals surface area contributed by atoms with Gasteiger partial charge in [-0.3, -0.25) is 0 Å². The van der Waals surface area contributed by atoms with Gasteiger partial charge in [-0.1, -0.05) is 44.2 Å². The van der Waals surface area contributed by atoms with E-state index in [9.17, 15) is 0 Å². The summed E-state index contributed by atoms with van der Waals surface area (Å²) in [6.45, 7) is 3.30. The Kier molecular flexibility index (Phi) is 12.0. The van der Waals surface area contributed by atoms with Crippen LogP contribution in [0.3, 0.4) is 0 Å². The van der Waals surface area contributed by atoms with Crippen molar-refractivity contribution in [3.05, 3.63) is 24.3 Å². The van der Waals surface area contributed by atoms with Crippen LogP contribution >= 0.6 is 0 Å². The molecule has 0 amide bonds. The number of rotatable bonds is 13. The molecule has 0 saturated carbocycles. The van der Waals surface area contributed by atoms with E-state index in [-0.39, 0.29) is 23.1 Å². The van der Waals surface area contributed by atoms with Crippen LogP contribution in [0.2, 0.25) is 0 Å². The van der Waals surface area contributed by atoms with Crippen molar-refractivity contribution >= 4 is 0 Å². The van der Waals surface area contributed by atoms with E-state index in [1.54, 1.807) is 0 Å². The first-order chi connectivity index (χ1) is 12.5. The molecule has 1 aromatic carbocycles. The summed E-state index contributed by atoms with van der Waals surface area (Å²) in [7, 11) is 6.82. The number of unbranched alkanes of at least 4 members (excludes halogenated alkanes) is 7. The lowest BCUT2D eigenvalue weighted by Gasteiger charge is -2.26. The molecule has 4 nitrogen and oxygen atoms in total. The van der Waals surface area contributed by atoms with Gasteiger partial charge >= 0.3 is 0 Å². The highest BCUT2D eigenvalue weighted by atomic mass is 79.9. The predicted octanol–water partition coefficient (Wildman–Crippen LogP) is 1.67. The first-order valence-electron chi connectivity index (χ1n) is 10.3. The minimum Gasteiger partial charge on any atom is -1.00 e. The number of halogens is 1. The maximum Gasteiger partial charge on any atom is 0.161 e. The molecule has 0 aromatic heterocycles. The van der Waals surface area contributed by atoms with Crippen LogP contribution in [0.1, 0.15) is 51.4 Å². The third kappa shape index (κ3) is 11.0. The van der Waals surface area contributed by atoms with Crippen LogP contribution in [0.25, 0.3) is 0 Å². The van der Waals surface area contributed by atoms with Crippen LogP contribution in [0.4, 0.5) is 0 Å². The molecule has 0 aliphatic carbocycles. The Balaban J connectivity index is 0.00000364. The van der Waals surface area contributed by atoms with E-state index in [1.165, 1.54) is 51.5 Å². The minimum atomic E-state index is 0. The van der Waals surface area contributed by atoms with Crippen LogP contribution in [0.5, 0.6) is 11.5 Å². The Morgan fingerprint density at radius 3 is 2.15 bits per heavy atom. The summed E-state index contributed by atoms with van der Waals surface area (Å²) in [5.74, 6) is 1.66. The Morgan fingerprint density at radius 2 is 1.48 bits per heavy atom. The number of ether oxygens (including phenoxy) is 3. The third-order valence-corrected chi connectivity index (χ3v) is 4.74. The summed E-state index contributed by atoms with van der Waals surface area (Å²) in [5.41, 5.74) is 0. The van der Waals surface area contributed by atoms with Gasteiger partial charge < -0.3 is 35.7 Å². The van der Waals surface area contributed by atoms with Gasteiger partial charge in [-0.25, -0.2) is 0 Å². The third-order valence-electron chi connectivity index (χ3n) is 4.74. The standard InChI is InChI=1S/C22H38NO3.BrH/c1-23(2,3)16-12-8-6-4-5-7-9-13-17-24-18-20-19-25-21-14-10-11-15-22(21)26-20;/h10-11,14-15,20H,4-9,12-13,16-19H2,1-3H3;1H/q+1;/p-1. The molecule has 1 atom stereocenters. The average molecular weight is 444 g/mol. The number of hydrogen-bond acceptors (Lipinski definition) is 3. The van der Waals surface area contributed by atoms with Crippen LogP contribution < -0.4 is 26.5 Å². The van der Waals surface area contributed by atoms with Crippen molar-refractivity contribution in [2.45, 2.75) is 57.5 Å². The van der Waals surface area contributed by atoms with E-state index in [0.29, 0.717) is 13.2 Å². The topological polar surface area (TPSA) is 27.7 Å². The lowest BCUT2D eigenvalue weighted by atomic mass is 10.1. The molecule has 1 aliphatic rings. The molecular formula is C22H38BrNO3. The summed E-state index contributed by atoms with van der Waals surface area (Å²) in [5, 5.41) is 0. The molecule has 1 aliphatic heterocycles. The Morgan fingerprint density at radius 1 is 0.889 bits per heavy atom. The number of benzene rings is 1. The van der Waals surface area contributed by atoms with Crippen LogP contribution in [-0.4, -0.2) is 58.1 Å². The summed E-state index contributed by atoms with van der Waals surface area (Å²) < 4.78 is 18.5. The van der Waals surface area contributed by atoms with E-state index >= 15 is 0 Å². The highest BCUT2D eigenvalue weighted by Crippen LogP contribution is 2.30. The molecule has 0 bridgehead atoms. The fraction of sp³-hybridized carbons (Fsp3) is 0.727. The van der Waals surface area contributed by atoms with Crippen molar-refractivity contribution in [3.63, 3.8) is 0 Å². The molecule has 0 N–H and O–H groups in total. The highest BCUT2D eigenvalue weighted by Gasteiger charge is 2.20. The largest absolute Gasteiger partial charge is 1.00 e. The van der Waals surface area contributed by atoms with Gasteiger partial charge in [-0.05, 0) is 31.4 Å². The van der Waals surface area contributed by atoms with Gasteiger partial charge in [0.05, 0.1) is 34.3 Å². The number of hydrogen-bond donors (Lipinski definition) is 0. The van der Waals surface area contributed by atoms with Gasteiger partial charge in [0, 0.05) is 6.61 Å². The average Bonchev–Trinajstić information content (AvgIpc) is 2.61. The fourth-order valence-electron chi connectivity index (χ4n) is 3.21. The summed E-state index contributed by atoms with van der Waals surface area (Å²) >= 11 is 0. The normalized spacial score (nSPS) is 16.0. The Bertz CT molecular complexity index is 505. The molecular weight excluding hydrogens is 406 g/mol. The van der Waals surface area contributed by atoms with Crippen LogP contribution in [-0.2, 0) is 4.74 Å². The quantitative estimate of drug-likeness (QED) is 0.342. The zero-order valence-electron chi connectivity index (χ0n) is 17.4. The second-order valence-corrected chi connectivity index (χ2v) is 8.41. The fourth-order valence-corrected chi connectivity index (χ4v) is 3.21. The lowest BCUT2D eigenvalue weighted by molar-refractivity contribution is -0.870. The number of fused-ring (bicyclic) bond motifs is 1. The monoisotopic (exact) mass is 443 g/mol. The van der Waals surface area contributed by atoms with E-state index in [1.807, 2.05) is 24.3 Å². The minimum absolute atomic E-state index is 0. The zero-order valence-corrected chi connectivity index (χ0v) is 19.0. The molecule has 1 aromatic rings. The number of quaternary nitrogens is 1. The van der Waals surface area contributed by atoms with Gasteiger partial charge in [0.15, 0.2) is 17.6 Å². The first kappa shape index (κ1) is 24.3. The number of nitrogens with zero attached hydrogens (tertiary/aromatic N) is 1. The predicted molar refractivity (Wildman–Crippen MR) is 107 cm³/mol. The summed E-state index contributed by atoms with van der Waals surface area (Å²) in [6.07, 6.45) is 10.6. The first-order valence-corrected chi connectivity index (χ1v) is 10.3. The molecule has 0 radical (unpaired) electrons.